The van der Waals surface area contributed by atoms with Gasteiger partial charge >= 0.3 is 5.97 Å². The number of hydrogen-bond acceptors (Lipinski definition) is 3. The minimum absolute atomic E-state index is 0.0606. The molecule has 0 atom stereocenters. The molecule has 0 unspecified atom stereocenters. The highest BCUT2D eigenvalue weighted by molar-refractivity contribution is 5.89. The van der Waals surface area contributed by atoms with Crippen LogP contribution in [0.5, 0.6) is 5.75 Å². The fraction of sp³-hybridized carbons (Fsp3) is 0.462. The Balaban J connectivity index is 2.63. The average molecular weight is 240 g/mol. The summed E-state index contributed by atoms with van der Waals surface area (Å²) in [6.45, 7) is 4.37. The lowest BCUT2D eigenvalue weighted by molar-refractivity contribution is 0.0483. The summed E-state index contributed by atoms with van der Waals surface area (Å²) in [6, 6.07) is 4.06. The van der Waals surface area contributed by atoms with Gasteiger partial charge in [0.25, 0.3) is 0 Å². The molecule has 0 aromatic heterocycles. The zero-order valence-corrected chi connectivity index (χ0v) is 10.3. The van der Waals surface area contributed by atoms with E-state index in [1.807, 2.05) is 13.8 Å². The van der Waals surface area contributed by atoms with Gasteiger partial charge < -0.3 is 9.47 Å². The van der Waals surface area contributed by atoms with Crippen LogP contribution in [-0.4, -0.2) is 19.7 Å². The maximum atomic E-state index is 13.5. The number of esters is 1. The van der Waals surface area contributed by atoms with E-state index in [1.54, 1.807) is 0 Å². The van der Waals surface area contributed by atoms with Gasteiger partial charge in [-0.05, 0) is 24.5 Å². The van der Waals surface area contributed by atoms with Crippen molar-refractivity contribution in [3.63, 3.8) is 0 Å². The molecule has 17 heavy (non-hydrogen) atoms. The molecule has 0 radical (unpaired) electrons. The summed E-state index contributed by atoms with van der Waals surface area (Å²) in [5, 5.41) is 0. The van der Waals surface area contributed by atoms with E-state index < -0.39 is 11.8 Å². The monoisotopic (exact) mass is 240 g/mol. The van der Waals surface area contributed by atoms with E-state index in [-0.39, 0.29) is 5.56 Å². The molecule has 1 aromatic rings. The second kappa shape index (κ2) is 6.23. The predicted octanol–water partition coefficient (Wildman–Crippen LogP) is 3.04. The quantitative estimate of drug-likeness (QED) is 0.742. The summed E-state index contributed by atoms with van der Waals surface area (Å²) >= 11 is 0. The molecular formula is C13H17FO3. The molecule has 0 fully saturated rings. The molecule has 0 saturated carbocycles. The summed E-state index contributed by atoms with van der Waals surface area (Å²) in [5.41, 5.74) is -0.0606. The number of carbonyl (C=O) groups is 1. The van der Waals surface area contributed by atoms with Gasteiger partial charge in [0, 0.05) is 6.07 Å². The van der Waals surface area contributed by atoms with Gasteiger partial charge in [0.15, 0.2) is 0 Å². The van der Waals surface area contributed by atoms with Crippen molar-refractivity contribution in [1.29, 1.82) is 0 Å². The predicted molar refractivity (Wildman–Crippen MR) is 62.7 cm³/mol. The van der Waals surface area contributed by atoms with Gasteiger partial charge in [0.05, 0.1) is 19.3 Å². The zero-order valence-electron chi connectivity index (χ0n) is 10.3. The van der Waals surface area contributed by atoms with Gasteiger partial charge in [0.2, 0.25) is 0 Å². The molecule has 1 aromatic carbocycles. The first-order chi connectivity index (χ1) is 8.04. The van der Waals surface area contributed by atoms with Crippen LogP contribution in [0.25, 0.3) is 0 Å². The molecule has 0 bridgehead atoms. The van der Waals surface area contributed by atoms with E-state index >= 15 is 0 Å². The van der Waals surface area contributed by atoms with Crippen molar-refractivity contribution in [3.05, 3.63) is 29.6 Å². The second-order valence-corrected chi connectivity index (χ2v) is 4.16. The van der Waals surface area contributed by atoms with E-state index in [1.165, 1.54) is 25.3 Å². The Bertz CT molecular complexity index is 388. The Morgan fingerprint density at radius 2 is 2.12 bits per heavy atom. The van der Waals surface area contributed by atoms with E-state index in [9.17, 15) is 9.18 Å². The highest BCUT2D eigenvalue weighted by Crippen LogP contribution is 2.17. The summed E-state index contributed by atoms with van der Waals surface area (Å²) in [7, 11) is 1.44. The number of halogens is 1. The Hall–Kier alpha value is -1.58. The van der Waals surface area contributed by atoms with E-state index in [0.717, 1.165) is 6.42 Å². The van der Waals surface area contributed by atoms with Crippen LogP contribution in [0.2, 0.25) is 0 Å². The number of benzene rings is 1. The fourth-order valence-electron chi connectivity index (χ4n) is 1.25. The third-order valence-electron chi connectivity index (χ3n) is 2.32. The zero-order chi connectivity index (χ0) is 12.8. The number of hydrogen-bond donors (Lipinski definition) is 0. The van der Waals surface area contributed by atoms with Gasteiger partial charge in [-0.1, -0.05) is 13.8 Å². The highest BCUT2D eigenvalue weighted by Gasteiger charge is 2.13. The smallest absolute Gasteiger partial charge is 0.341 e. The number of carbonyl (C=O) groups excluding carboxylic acids is 1. The third-order valence-corrected chi connectivity index (χ3v) is 2.32. The van der Waals surface area contributed by atoms with Crippen molar-refractivity contribution in [2.75, 3.05) is 13.7 Å². The van der Waals surface area contributed by atoms with Gasteiger partial charge in [0.1, 0.15) is 11.6 Å². The van der Waals surface area contributed by atoms with Crippen molar-refractivity contribution in [1.82, 2.24) is 0 Å². The van der Waals surface area contributed by atoms with Crippen molar-refractivity contribution in [2.45, 2.75) is 20.3 Å². The van der Waals surface area contributed by atoms with E-state index in [2.05, 4.69) is 0 Å². The fourth-order valence-corrected chi connectivity index (χ4v) is 1.25. The largest absolute Gasteiger partial charge is 0.497 e. The third kappa shape index (κ3) is 4.06. The van der Waals surface area contributed by atoms with Crippen LogP contribution in [0, 0.1) is 11.7 Å². The molecule has 0 heterocycles. The van der Waals surface area contributed by atoms with Crippen LogP contribution in [0.15, 0.2) is 18.2 Å². The van der Waals surface area contributed by atoms with Crippen LogP contribution >= 0.6 is 0 Å². The Morgan fingerprint density at radius 1 is 1.41 bits per heavy atom. The van der Waals surface area contributed by atoms with Crippen LogP contribution in [0.4, 0.5) is 4.39 Å². The molecule has 3 nitrogen and oxygen atoms in total. The number of methoxy groups -OCH3 is 1. The Morgan fingerprint density at radius 3 is 2.65 bits per heavy atom. The van der Waals surface area contributed by atoms with Crippen LogP contribution in [0.3, 0.4) is 0 Å². The molecule has 0 aliphatic carbocycles. The first kappa shape index (κ1) is 13.5. The second-order valence-electron chi connectivity index (χ2n) is 4.16. The lowest BCUT2D eigenvalue weighted by atomic mass is 10.1. The van der Waals surface area contributed by atoms with E-state index in [0.29, 0.717) is 18.3 Å². The van der Waals surface area contributed by atoms with Gasteiger partial charge in [-0.2, -0.15) is 0 Å². The standard InChI is InChI=1S/C13H17FO3/c1-9(2)6-7-17-13(15)11-5-4-10(16-3)8-12(11)14/h4-5,8-9H,6-7H2,1-3H3. The Labute approximate surface area is 101 Å². The molecule has 0 aliphatic heterocycles. The SMILES string of the molecule is COc1ccc(C(=O)OCCC(C)C)c(F)c1. The maximum absolute atomic E-state index is 13.5. The van der Waals surface area contributed by atoms with Crippen molar-refractivity contribution in [2.24, 2.45) is 5.92 Å². The van der Waals surface area contributed by atoms with Crippen molar-refractivity contribution >= 4 is 5.97 Å². The van der Waals surface area contributed by atoms with Crippen LogP contribution in [0.1, 0.15) is 30.6 Å². The van der Waals surface area contributed by atoms with Crippen LogP contribution in [-0.2, 0) is 4.74 Å². The normalized spacial score (nSPS) is 10.4. The van der Waals surface area contributed by atoms with Gasteiger partial charge in [-0.15, -0.1) is 0 Å². The summed E-state index contributed by atoms with van der Waals surface area (Å²) in [5.74, 6) is -0.436. The molecule has 4 heteroatoms. The minimum atomic E-state index is -0.634. The summed E-state index contributed by atoms with van der Waals surface area (Å²) < 4.78 is 23.3. The molecule has 0 aliphatic rings. The topological polar surface area (TPSA) is 35.5 Å². The number of ether oxygens (including phenoxy) is 2. The molecule has 0 N–H and O–H groups in total. The number of rotatable bonds is 5. The molecule has 0 amide bonds. The summed E-state index contributed by atoms with van der Waals surface area (Å²) in [6.07, 6.45) is 0.767. The summed E-state index contributed by atoms with van der Waals surface area (Å²) in [4.78, 5) is 11.5. The molecular weight excluding hydrogens is 223 g/mol. The molecule has 1 rings (SSSR count). The highest BCUT2D eigenvalue weighted by atomic mass is 19.1. The first-order valence-electron chi connectivity index (χ1n) is 5.55. The first-order valence-corrected chi connectivity index (χ1v) is 5.55. The Kier molecular flexibility index (Phi) is 4.94. The average Bonchev–Trinajstić information content (AvgIpc) is 2.28. The lowest BCUT2D eigenvalue weighted by Crippen LogP contribution is -2.10. The van der Waals surface area contributed by atoms with Gasteiger partial charge in [-0.3, -0.25) is 0 Å². The van der Waals surface area contributed by atoms with E-state index in [4.69, 9.17) is 9.47 Å². The maximum Gasteiger partial charge on any atom is 0.341 e. The molecule has 0 spiro atoms. The van der Waals surface area contributed by atoms with Crippen molar-refractivity contribution in [3.8, 4) is 5.75 Å². The molecule has 0 saturated heterocycles. The molecule has 94 valence electrons. The van der Waals surface area contributed by atoms with Gasteiger partial charge in [-0.25, -0.2) is 9.18 Å². The van der Waals surface area contributed by atoms with Crippen molar-refractivity contribution < 1.29 is 18.7 Å². The van der Waals surface area contributed by atoms with Crippen LogP contribution < -0.4 is 4.74 Å². The minimum Gasteiger partial charge on any atom is -0.497 e. The lowest BCUT2D eigenvalue weighted by Gasteiger charge is -2.08.